The molecule has 1 aromatic heterocycles. The van der Waals surface area contributed by atoms with Crippen LogP contribution < -0.4 is 10.5 Å². The molecule has 0 aliphatic carbocycles. The van der Waals surface area contributed by atoms with Crippen molar-refractivity contribution in [3.63, 3.8) is 0 Å². The maximum Gasteiger partial charge on any atom is 0.221 e. The first kappa shape index (κ1) is 11.5. The van der Waals surface area contributed by atoms with E-state index in [0.717, 1.165) is 11.1 Å². The van der Waals surface area contributed by atoms with E-state index in [1.807, 2.05) is 31.2 Å². The molecule has 4 nitrogen and oxygen atoms in total. The van der Waals surface area contributed by atoms with Crippen molar-refractivity contribution >= 4 is 0 Å². The minimum absolute atomic E-state index is 0.372. The van der Waals surface area contributed by atoms with E-state index >= 15 is 0 Å². The molecule has 88 valence electrons. The van der Waals surface area contributed by atoms with Crippen molar-refractivity contribution in [1.82, 2.24) is 9.97 Å². The predicted molar refractivity (Wildman–Crippen MR) is 66.6 cm³/mol. The summed E-state index contributed by atoms with van der Waals surface area (Å²) < 4.78 is 5.19. The molecule has 0 amide bonds. The lowest BCUT2D eigenvalue weighted by molar-refractivity contribution is 0.392. The van der Waals surface area contributed by atoms with Crippen LogP contribution in [-0.4, -0.2) is 17.1 Å². The molecule has 2 aromatic rings. The van der Waals surface area contributed by atoms with E-state index in [1.54, 1.807) is 13.3 Å². The lowest BCUT2D eigenvalue weighted by Gasteiger charge is -2.07. The third-order valence-corrected chi connectivity index (χ3v) is 2.55. The molecule has 1 aromatic carbocycles. The lowest BCUT2D eigenvalue weighted by Crippen LogP contribution is -2.04. The Morgan fingerprint density at radius 3 is 2.53 bits per heavy atom. The van der Waals surface area contributed by atoms with Gasteiger partial charge >= 0.3 is 0 Å². The molecule has 0 saturated carbocycles. The summed E-state index contributed by atoms with van der Waals surface area (Å²) in [4.78, 5) is 8.64. The highest BCUT2D eigenvalue weighted by molar-refractivity contribution is 5.56. The number of aromatic nitrogens is 2. The molecule has 0 atom stereocenters. The van der Waals surface area contributed by atoms with Crippen LogP contribution in [0, 0.1) is 6.92 Å². The van der Waals surface area contributed by atoms with Gasteiger partial charge in [-0.3, -0.25) is 0 Å². The van der Waals surface area contributed by atoms with E-state index in [1.165, 1.54) is 5.56 Å². The fraction of sp³-hybridized carbons (Fsp3) is 0.231. The molecule has 1 heterocycles. The number of methoxy groups -OCH3 is 1. The molecule has 17 heavy (non-hydrogen) atoms. The first-order chi connectivity index (χ1) is 8.24. The monoisotopic (exact) mass is 229 g/mol. The van der Waals surface area contributed by atoms with Crippen LogP contribution in [0.3, 0.4) is 0 Å². The first-order valence-electron chi connectivity index (χ1n) is 5.41. The van der Waals surface area contributed by atoms with Gasteiger partial charge in [0.1, 0.15) is 0 Å². The van der Waals surface area contributed by atoms with Gasteiger partial charge in [0.05, 0.1) is 7.11 Å². The van der Waals surface area contributed by atoms with Crippen LogP contribution in [0.15, 0.2) is 30.5 Å². The third-order valence-electron chi connectivity index (χ3n) is 2.55. The van der Waals surface area contributed by atoms with Crippen LogP contribution in [-0.2, 0) is 6.54 Å². The highest BCUT2D eigenvalue weighted by Crippen LogP contribution is 2.20. The minimum Gasteiger partial charge on any atom is -0.481 e. The number of rotatable bonds is 3. The van der Waals surface area contributed by atoms with Gasteiger partial charge in [-0.25, -0.2) is 4.98 Å². The zero-order valence-corrected chi connectivity index (χ0v) is 9.97. The van der Waals surface area contributed by atoms with Crippen molar-refractivity contribution in [1.29, 1.82) is 0 Å². The Morgan fingerprint density at radius 1 is 1.24 bits per heavy atom. The second-order valence-corrected chi connectivity index (χ2v) is 3.80. The van der Waals surface area contributed by atoms with E-state index in [0.29, 0.717) is 18.2 Å². The SMILES string of the molecule is COc1nc(-c2ccc(C)cc2)ncc1CN. The molecule has 0 radical (unpaired) electrons. The zero-order valence-electron chi connectivity index (χ0n) is 9.97. The fourth-order valence-corrected chi connectivity index (χ4v) is 1.55. The second kappa shape index (κ2) is 4.93. The van der Waals surface area contributed by atoms with Crippen LogP contribution in [0.25, 0.3) is 11.4 Å². The highest BCUT2D eigenvalue weighted by Gasteiger charge is 2.07. The predicted octanol–water partition coefficient (Wildman–Crippen LogP) is 1.92. The summed E-state index contributed by atoms with van der Waals surface area (Å²) in [5, 5.41) is 0. The van der Waals surface area contributed by atoms with Gasteiger partial charge in [0.2, 0.25) is 5.88 Å². The Hall–Kier alpha value is -1.94. The molecule has 0 unspecified atom stereocenters. The van der Waals surface area contributed by atoms with Gasteiger partial charge in [-0.15, -0.1) is 0 Å². The lowest BCUT2D eigenvalue weighted by atomic mass is 10.1. The number of aryl methyl sites for hydroxylation is 1. The molecule has 0 aliphatic heterocycles. The molecule has 0 bridgehead atoms. The zero-order chi connectivity index (χ0) is 12.3. The molecule has 0 fully saturated rings. The van der Waals surface area contributed by atoms with Gasteiger partial charge in [0, 0.05) is 23.9 Å². The molecule has 2 rings (SSSR count). The van der Waals surface area contributed by atoms with Crippen LogP contribution in [0.4, 0.5) is 0 Å². The third kappa shape index (κ3) is 2.42. The molecule has 0 saturated heterocycles. The van der Waals surface area contributed by atoms with Gasteiger partial charge in [-0.2, -0.15) is 4.98 Å². The second-order valence-electron chi connectivity index (χ2n) is 3.80. The Morgan fingerprint density at radius 2 is 1.94 bits per heavy atom. The summed E-state index contributed by atoms with van der Waals surface area (Å²) in [6.07, 6.45) is 1.71. The molecular weight excluding hydrogens is 214 g/mol. The first-order valence-corrected chi connectivity index (χ1v) is 5.41. The standard InChI is InChI=1S/C13H15N3O/c1-9-3-5-10(6-4-9)12-15-8-11(7-14)13(16-12)17-2/h3-6,8H,7,14H2,1-2H3. The van der Waals surface area contributed by atoms with Crippen LogP contribution in [0.2, 0.25) is 0 Å². The summed E-state index contributed by atoms with van der Waals surface area (Å²) in [7, 11) is 1.58. The summed E-state index contributed by atoms with van der Waals surface area (Å²) in [6, 6.07) is 8.04. The quantitative estimate of drug-likeness (QED) is 0.873. The topological polar surface area (TPSA) is 61.0 Å². The van der Waals surface area contributed by atoms with Crippen molar-refractivity contribution in [3.05, 3.63) is 41.6 Å². The van der Waals surface area contributed by atoms with E-state index in [-0.39, 0.29) is 0 Å². The summed E-state index contributed by atoms with van der Waals surface area (Å²) in [6.45, 7) is 2.42. The Labute approximate surface area is 100 Å². The Bertz CT molecular complexity index is 509. The van der Waals surface area contributed by atoms with E-state index in [9.17, 15) is 0 Å². The van der Waals surface area contributed by atoms with E-state index in [2.05, 4.69) is 9.97 Å². The van der Waals surface area contributed by atoms with E-state index in [4.69, 9.17) is 10.5 Å². The van der Waals surface area contributed by atoms with Gasteiger partial charge < -0.3 is 10.5 Å². The van der Waals surface area contributed by atoms with Gasteiger partial charge in [-0.1, -0.05) is 29.8 Å². The van der Waals surface area contributed by atoms with Crippen molar-refractivity contribution in [2.24, 2.45) is 5.73 Å². The van der Waals surface area contributed by atoms with Crippen molar-refractivity contribution in [3.8, 4) is 17.3 Å². The minimum atomic E-state index is 0.372. The van der Waals surface area contributed by atoms with Crippen molar-refractivity contribution in [2.45, 2.75) is 13.5 Å². The number of benzene rings is 1. The molecule has 4 heteroatoms. The maximum absolute atomic E-state index is 5.57. The fourth-order valence-electron chi connectivity index (χ4n) is 1.55. The highest BCUT2D eigenvalue weighted by atomic mass is 16.5. The van der Waals surface area contributed by atoms with Crippen molar-refractivity contribution < 1.29 is 4.74 Å². The Balaban J connectivity index is 2.42. The van der Waals surface area contributed by atoms with Gasteiger partial charge in [-0.05, 0) is 6.92 Å². The average Bonchev–Trinajstić information content (AvgIpc) is 2.39. The summed E-state index contributed by atoms with van der Waals surface area (Å²) in [5.41, 5.74) is 8.56. The molecule has 2 N–H and O–H groups in total. The summed E-state index contributed by atoms with van der Waals surface area (Å²) >= 11 is 0. The molecule has 0 aliphatic rings. The normalized spacial score (nSPS) is 10.3. The molecule has 0 spiro atoms. The number of nitrogens with two attached hydrogens (primary N) is 1. The number of hydrogen-bond acceptors (Lipinski definition) is 4. The Kier molecular flexibility index (Phi) is 3.35. The average molecular weight is 229 g/mol. The number of hydrogen-bond donors (Lipinski definition) is 1. The van der Waals surface area contributed by atoms with Crippen LogP contribution >= 0.6 is 0 Å². The number of ether oxygens (including phenoxy) is 1. The maximum atomic E-state index is 5.57. The summed E-state index contributed by atoms with van der Waals surface area (Å²) in [5.74, 6) is 1.19. The largest absolute Gasteiger partial charge is 0.481 e. The number of nitrogens with zero attached hydrogens (tertiary/aromatic N) is 2. The van der Waals surface area contributed by atoms with Gasteiger partial charge in [0.15, 0.2) is 5.82 Å². The molecular formula is C13H15N3O. The van der Waals surface area contributed by atoms with Crippen molar-refractivity contribution in [2.75, 3.05) is 7.11 Å². The van der Waals surface area contributed by atoms with Crippen LogP contribution in [0.1, 0.15) is 11.1 Å². The van der Waals surface area contributed by atoms with Crippen LogP contribution in [0.5, 0.6) is 5.88 Å². The smallest absolute Gasteiger partial charge is 0.221 e. The van der Waals surface area contributed by atoms with E-state index < -0.39 is 0 Å². The van der Waals surface area contributed by atoms with Gasteiger partial charge in [0.25, 0.3) is 0 Å².